The van der Waals surface area contributed by atoms with Crippen molar-refractivity contribution in [2.75, 3.05) is 0 Å². The Hall–Kier alpha value is -2.71. The van der Waals surface area contributed by atoms with Gasteiger partial charge in [0.1, 0.15) is 5.15 Å². The Kier molecular flexibility index (Phi) is 3.52. The van der Waals surface area contributed by atoms with Crippen molar-refractivity contribution in [2.24, 2.45) is 0 Å². The molecule has 0 spiro atoms. The lowest BCUT2D eigenvalue weighted by Gasteiger charge is -2.09. The van der Waals surface area contributed by atoms with Crippen LogP contribution >= 0.6 is 11.6 Å². The molecule has 0 aliphatic carbocycles. The van der Waals surface area contributed by atoms with Crippen molar-refractivity contribution in [1.29, 1.82) is 0 Å². The predicted molar refractivity (Wildman–Crippen MR) is 95.4 cm³/mol. The summed E-state index contributed by atoms with van der Waals surface area (Å²) in [6.45, 7) is 0. The summed E-state index contributed by atoms with van der Waals surface area (Å²) in [7, 11) is 0. The Morgan fingerprint density at radius 1 is 0.652 bits per heavy atom. The summed E-state index contributed by atoms with van der Waals surface area (Å²) in [6.07, 6.45) is 1.60. The van der Waals surface area contributed by atoms with Crippen molar-refractivity contribution in [3.8, 4) is 22.5 Å². The highest BCUT2D eigenvalue weighted by Crippen LogP contribution is 2.31. The van der Waals surface area contributed by atoms with Crippen molar-refractivity contribution in [3.63, 3.8) is 0 Å². The van der Waals surface area contributed by atoms with Crippen LogP contribution in [0.25, 0.3) is 33.3 Å². The lowest BCUT2D eigenvalue weighted by molar-refractivity contribution is 1.21. The molecule has 23 heavy (non-hydrogen) atoms. The lowest BCUT2D eigenvalue weighted by Crippen LogP contribution is -1.93. The molecule has 0 saturated heterocycles. The fourth-order valence-electron chi connectivity index (χ4n) is 2.71. The first-order valence-electron chi connectivity index (χ1n) is 7.38. The highest BCUT2D eigenvalue weighted by Gasteiger charge is 2.12. The third-order valence-electron chi connectivity index (χ3n) is 3.81. The van der Waals surface area contributed by atoms with Crippen LogP contribution < -0.4 is 0 Å². The summed E-state index contributed by atoms with van der Waals surface area (Å²) in [5.74, 6) is 0. The summed E-state index contributed by atoms with van der Waals surface area (Å²) >= 11 is 6.08. The number of hydrogen-bond acceptors (Lipinski definition) is 2. The molecule has 0 saturated carbocycles. The van der Waals surface area contributed by atoms with E-state index in [9.17, 15) is 0 Å². The highest BCUT2D eigenvalue weighted by molar-refractivity contribution is 6.29. The number of aromatic nitrogens is 2. The SMILES string of the molecule is Clc1cnc(-c2ccc3ccccc3c2)c(-c2ccccc2)n1. The number of nitrogens with zero attached hydrogens (tertiary/aromatic N) is 2. The first-order chi connectivity index (χ1) is 11.3. The first-order valence-corrected chi connectivity index (χ1v) is 7.76. The molecule has 0 aliphatic rings. The maximum Gasteiger partial charge on any atom is 0.148 e. The number of fused-ring (bicyclic) bond motifs is 1. The van der Waals surface area contributed by atoms with Crippen LogP contribution in [0.15, 0.2) is 79.0 Å². The minimum atomic E-state index is 0.397. The van der Waals surface area contributed by atoms with Gasteiger partial charge in [0.25, 0.3) is 0 Å². The number of benzene rings is 3. The molecule has 0 radical (unpaired) electrons. The van der Waals surface area contributed by atoms with E-state index in [0.29, 0.717) is 5.15 Å². The second-order valence-corrected chi connectivity index (χ2v) is 5.71. The number of hydrogen-bond donors (Lipinski definition) is 0. The molecule has 0 amide bonds. The number of halogens is 1. The molecule has 0 unspecified atom stereocenters. The van der Waals surface area contributed by atoms with E-state index in [-0.39, 0.29) is 0 Å². The van der Waals surface area contributed by atoms with E-state index in [1.807, 2.05) is 42.5 Å². The molecule has 3 aromatic carbocycles. The predicted octanol–water partition coefficient (Wildman–Crippen LogP) is 5.62. The largest absolute Gasteiger partial charge is 0.251 e. The normalized spacial score (nSPS) is 10.8. The first kappa shape index (κ1) is 13.9. The maximum absolute atomic E-state index is 6.08. The second-order valence-electron chi connectivity index (χ2n) is 5.32. The molecule has 4 rings (SSSR count). The molecule has 0 atom stereocenters. The minimum Gasteiger partial charge on any atom is -0.251 e. The van der Waals surface area contributed by atoms with E-state index in [1.54, 1.807) is 6.20 Å². The van der Waals surface area contributed by atoms with Gasteiger partial charge >= 0.3 is 0 Å². The topological polar surface area (TPSA) is 25.8 Å². The third kappa shape index (κ3) is 2.69. The zero-order valence-electron chi connectivity index (χ0n) is 12.3. The van der Waals surface area contributed by atoms with Gasteiger partial charge in [0.15, 0.2) is 0 Å². The van der Waals surface area contributed by atoms with E-state index in [2.05, 4.69) is 40.3 Å². The van der Waals surface area contributed by atoms with Crippen molar-refractivity contribution < 1.29 is 0 Å². The Balaban J connectivity index is 1.94. The van der Waals surface area contributed by atoms with Gasteiger partial charge in [-0.05, 0) is 16.8 Å². The Morgan fingerprint density at radius 3 is 2.22 bits per heavy atom. The highest BCUT2D eigenvalue weighted by atomic mass is 35.5. The van der Waals surface area contributed by atoms with Gasteiger partial charge in [-0.15, -0.1) is 0 Å². The Labute approximate surface area is 139 Å². The van der Waals surface area contributed by atoms with Gasteiger partial charge in [-0.25, -0.2) is 4.98 Å². The lowest BCUT2D eigenvalue weighted by atomic mass is 10.0. The van der Waals surface area contributed by atoms with E-state index in [1.165, 1.54) is 10.8 Å². The minimum absolute atomic E-state index is 0.397. The third-order valence-corrected chi connectivity index (χ3v) is 4.00. The van der Waals surface area contributed by atoms with Crippen LogP contribution in [0, 0.1) is 0 Å². The van der Waals surface area contributed by atoms with Crippen molar-refractivity contribution >= 4 is 22.4 Å². The average Bonchev–Trinajstić information content (AvgIpc) is 2.62. The van der Waals surface area contributed by atoms with Crippen LogP contribution in [-0.4, -0.2) is 9.97 Å². The summed E-state index contributed by atoms with van der Waals surface area (Å²) in [6, 6.07) is 24.6. The molecule has 1 aromatic heterocycles. The Morgan fingerprint density at radius 2 is 1.39 bits per heavy atom. The smallest absolute Gasteiger partial charge is 0.148 e. The van der Waals surface area contributed by atoms with Crippen LogP contribution in [0.5, 0.6) is 0 Å². The van der Waals surface area contributed by atoms with Gasteiger partial charge < -0.3 is 0 Å². The van der Waals surface area contributed by atoms with Crippen molar-refractivity contribution in [3.05, 3.63) is 84.1 Å². The van der Waals surface area contributed by atoms with Crippen LogP contribution in [0.4, 0.5) is 0 Å². The second kappa shape index (κ2) is 5.82. The Bertz CT molecular complexity index is 981. The maximum atomic E-state index is 6.08. The summed E-state index contributed by atoms with van der Waals surface area (Å²) in [5.41, 5.74) is 3.68. The molecule has 0 fully saturated rings. The molecular weight excluding hydrogens is 304 g/mol. The molecule has 110 valence electrons. The van der Waals surface area contributed by atoms with Gasteiger partial charge in [0.05, 0.1) is 17.6 Å². The van der Waals surface area contributed by atoms with Crippen molar-refractivity contribution in [2.45, 2.75) is 0 Å². The van der Waals surface area contributed by atoms with Gasteiger partial charge in [-0.1, -0.05) is 78.3 Å². The van der Waals surface area contributed by atoms with Crippen LogP contribution in [0.3, 0.4) is 0 Å². The van der Waals surface area contributed by atoms with Crippen LogP contribution in [-0.2, 0) is 0 Å². The molecule has 1 heterocycles. The molecule has 0 N–H and O–H groups in total. The monoisotopic (exact) mass is 316 g/mol. The summed E-state index contributed by atoms with van der Waals surface area (Å²) in [4.78, 5) is 9.04. The molecular formula is C20H13ClN2. The van der Waals surface area contributed by atoms with Gasteiger partial charge in [0, 0.05) is 11.1 Å². The zero-order chi connectivity index (χ0) is 15.6. The quantitative estimate of drug-likeness (QED) is 0.480. The van der Waals surface area contributed by atoms with Crippen LogP contribution in [0.1, 0.15) is 0 Å². The molecule has 0 bridgehead atoms. The van der Waals surface area contributed by atoms with Gasteiger partial charge in [-0.2, -0.15) is 0 Å². The van der Waals surface area contributed by atoms with E-state index in [4.69, 9.17) is 11.6 Å². The van der Waals surface area contributed by atoms with Gasteiger partial charge in [-0.3, -0.25) is 4.98 Å². The summed E-state index contributed by atoms with van der Waals surface area (Å²) < 4.78 is 0. The fraction of sp³-hybridized carbons (Fsp3) is 0. The van der Waals surface area contributed by atoms with Crippen molar-refractivity contribution in [1.82, 2.24) is 9.97 Å². The van der Waals surface area contributed by atoms with E-state index >= 15 is 0 Å². The zero-order valence-corrected chi connectivity index (χ0v) is 13.0. The molecule has 2 nitrogen and oxygen atoms in total. The van der Waals surface area contributed by atoms with Gasteiger partial charge in [0.2, 0.25) is 0 Å². The average molecular weight is 317 g/mol. The summed E-state index contributed by atoms with van der Waals surface area (Å²) in [5, 5.41) is 2.79. The molecule has 0 aliphatic heterocycles. The van der Waals surface area contributed by atoms with Crippen LogP contribution in [0.2, 0.25) is 5.15 Å². The van der Waals surface area contributed by atoms with E-state index in [0.717, 1.165) is 22.5 Å². The number of rotatable bonds is 2. The molecule has 4 aromatic rings. The van der Waals surface area contributed by atoms with E-state index < -0.39 is 0 Å². The molecule has 3 heteroatoms. The standard InChI is InChI=1S/C20H13ClN2/c21-18-13-22-19(20(23-18)15-7-2-1-3-8-15)17-11-10-14-6-4-5-9-16(14)12-17/h1-13H. The fourth-order valence-corrected chi connectivity index (χ4v) is 2.85.